The van der Waals surface area contributed by atoms with Crippen molar-refractivity contribution in [3.63, 3.8) is 0 Å². The number of benzene rings is 1. The van der Waals surface area contributed by atoms with E-state index >= 15 is 0 Å². The van der Waals surface area contributed by atoms with Gasteiger partial charge in [-0.3, -0.25) is 9.78 Å². The first-order valence-corrected chi connectivity index (χ1v) is 10.2. The Kier molecular flexibility index (Phi) is 6.92. The lowest BCUT2D eigenvalue weighted by molar-refractivity contribution is 0.0939. The Labute approximate surface area is 160 Å². The second kappa shape index (κ2) is 8.96. The molecule has 27 heavy (non-hydrogen) atoms. The Balaban J connectivity index is 2.35. The zero-order chi connectivity index (χ0) is 20.0. The van der Waals surface area contributed by atoms with Gasteiger partial charge < -0.3 is 10.1 Å². The van der Waals surface area contributed by atoms with Gasteiger partial charge in [-0.05, 0) is 36.8 Å². The number of pyridine rings is 1. The molecule has 0 aliphatic rings. The summed E-state index contributed by atoms with van der Waals surface area (Å²) in [5, 5.41) is 2.86. The Hall–Kier alpha value is -2.45. The lowest BCUT2D eigenvalue weighted by Crippen LogP contribution is -2.31. The summed E-state index contributed by atoms with van der Waals surface area (Å²) in [6.45, 7) is 6.03. The smallest absolute Gasteiger partial charge is 0.251 e. The van der Waals surface area contributed by atoms with Gasteiger partial charge in [0, 0.05) is 31.0 Å². The van der Waals surface area contributed by atoms with Crippen LogP contribution in [0.25, 0.3) is 0 Å². The van der Waals surface area contributed by atoms with E-state index in [4.69, 9.17) is 4.74 Å². The molecule has 0 aliphatic carbocycles. The summed E-state index contributed by atoms with van der Waals surface area (Å²) in [6.07, 6.45) is 3.33. The van der Waals surface area contributed by atoms with Crippen molar-refractivity contribution in [3.05, 3.63) is 53.9 Å². The van der Waals surface area contributed by atoms with Crippen LogP contribution < -0.4 is 10.1 Å². The molecular formula is C19H25N3O4S. The normalized spacial score (nSPS) is 12.6. The molecule has 0 radical (unpaired) electrons. The molecule has 1 atom stereocenters. The fourth-order valence-corrected chi connectivity index (χ4v) is 4.36. The molecule has 8 heteroatoms. The molecule has 1 amide bonds. The fraction of sp³-hybridized carbons (Fsp3) is 0.368. The van der Waals surface area contributed by atoms with Crippen molar-refractivity contribution in [3.8, 4) is 5.75 Å². The summed E-state index contributed by atoms with van der Waals surface area (Å²) in [7, 11) is -2.36. The number of hydrogen-bond acceptors (Lipinski definition) is 5. The van der Waals surface area contributed by atoms with Crippen molar-refractivity contribution in [2.75, 3.05) is 20.2 Å². The number of carbonyl (C=O) groups excluding carboxylic acids is 1. The maximum atomic E-state index is 12.9. The second-order valence-electron chi connectivity index (χ2n) is 5.94. The summed E-state index contributed by atoms with van der Waals surface area (Å²) in [5.41, 5.74) is 1.10. The van der Waals surface area contributed by atoms with Crippen molar-refractivity contribution in [1.29, 1.82) is 0 Å². The number of sulfonamides is 1. The minimum Gasteiger partial charge on any atom is -0.495 e. The first-order chi connectivity index (χ1) is 12.8. The molecule has 7 nitrogen and oxygen atoms in total. The van der Waals surface area contributed by atoms with Crippen molar-refractivity contribution in [1.82, 2.24) is 14.6 Å². The largest absolute Gasteiger partial charge is 0.495 e. The van der Waals surface area contributed by atoms with E-state index in [1.54, 1.807) is 38.4 Å². The van der Waals surface area contributed by atoms with Crippen molar-refractivity contribution in [2.24, 2.45) is 0 Å². The van der Waals surface area contributed by atoms with Crippen molar-refractivity contribution >= 4 is 15.9 Å². The molecule has 2 rings (SSSR count). The number of methoxy groups -OCH3 is 1. The van der Waals surface area contributed by atoms with Gasteiger partial charge in [-0.25, -0.2) is 8.42 Å². The van der Waals surface area contributed by atoms with E-state index in [2.05, 4.69) is 10.3 Å². The predicted molar refractivity (Wildman–Crippen MR) is 103 cm³/mol. The standard InChI is InChI=1S/C19H25N3O4S/c1-5-22(6-2)27(24,25)18-12-15(9-10-17(18)26-4)19(23)21-14(3)16-8-7-11-20-13-16/h7-14H,5-6H2,1-4H3,(H,21,23). The third-order valence-electron chi connectivity index (χ3n) is 4.28. The number of aromatic nitrogens is 1. The average Bonchev–Trinajstić information content (AvgIpc) is 2.68. The highest BCUT2D eigenvalue weighted by Crippen LogP contribution is 2.28. The number of hydrogen-bond donors (Lipinski definition) is 1. The van der Waals surface area contributed by atoms with Gasteiger partial charge in [0.2, 0.25) is 10.0 Å². The quantitative estimate of drug-likeness (QED) is 0.747. The van der Waals surface area contributed by atoms with Crippen LogP contribution in [-0.2, 0) is 10.0 Å². The van der Waals surface area contributed by atoms with Gasteiger partial charge in [-0.2, -0.15) is 4.31 Å². The van der Waals surface area contributed by atoms with Crippen LogP contribution in [0, 0.1) is 0 Å². The Bertz CT molecular complexity index is 881. The first kappa shape index (κ1) is 20.9. The summed E-state index contributed by atoms with van der Waals surface area (Å²) < 4.78 is 32.3. The van der Waals surface area contributed by atoms with Gasteiger partial charge in [0.15, 0.2) is 0 Å². The highest BCUT2D eigenvalue weighted by molar-refractivity contribution is 7.89. The molecule has 1 aromatic heterocycles. The van der Waals surface area contributed by atoms with E-state index in [0.717, 1.165) is 5.56 Å². The lowest BCUT2D eigenvalue weighted by Gasteiger charge is -2.21. The minimum absolute atomic E-state index is 0.0182. The summed E-state index contributed by atoms with van der Waals surface area (Å²) in [4.78, 5) is 16.7. The molecule has 1 unspecified atom stereocenters. The molecule has 0 saturated heterocycles. The Morgan fingerprint density at radius 3 is 2.52 bits per heavy atom. The number of ether oxygens (including phenoxy) is 1. The summed E-state index contributed by atoms with van der Waals surface area (Å²) in [6, 6.07) is 7.79. The molecule has 1 N–H and O–H groups in total. The van der Waals surface area contributed by atoms with E-state index in [1.807, 2.05) is 13.0 Å². The lowest BCUT2D eigenvalue weighted by atomic mass is 10.1. The van der Waals surface area contributed by atoms with Crippen LogP contribution in [0.4, 0.5) is 0 Å². The van der Waals surface area contributed by atoms with E-state index in [-0.39, 0.29) is 28.2 Å². The highest BCUT2D eigenvalue weighted by Gasteiger charge is 2.27. The zero-order valence-electron chi connectivity index (χ0n) is 16.0. The molecule has 0 fully saturated rings. The third-order valence-corrected chi connectivity index (χ3v) is 6.35. The van der Waals surface area contributed by atoms with E-state index in [9.17, 15) is 13.2 Å². The number of carbonyl (C=O) groups is 1. The van der Waals surface area contributed by atoms with Crippen LogP contribution in [0.2, 0.25) is 0 Å². The average molecular weight is 391 g/mol. The van der Waals surface area contributed by atoms with Crippen LogP contribution in [0.1, 0.15) is 42.7 Å². The van der Waals surface area contributed by atoms with Crippen LogP contribution in [0.15, 0.2) is 47.6 Å². The molecule has 1 aromatic carbocycles. The Morgan fingerprint density at radius 2 is 1.96 bits per heavy atom. The number of rotatable bonds is 8. The first-order valence-electron chi connectivity index (χ1n) is 8.74. The molecule has 2 aromatic rings. The SMILES string of the molecule is CCN(CC)S(=O)(=O)c1cc(C(=O)NC(C)c2cccnc2)ccc1OC. The van der Waals surface area contributed by atoms with Gasteiger partial charge in [0.1, 0.15) is 10.6 Å². The minimum atomic E-state index is -3.76. The number of amides is 1. The number of nitrogens with zero attached hydrogens (tertiary/aromatic N) is 2. The van der Waals surface area contributed by atoms with Crippen LogP contribution >= 0.6 is 0 Å². The van der Waals surface area contributed by atoms with Crippen molar-refractivity contribution in [2.45, 2.75) is 31.7 Å². The van der Waals surface area contributed by atoms with E-state index < -0.39 is 10.0 Å². The van der Waals surface area contributed by atoms with Crippen molar-refractivity contribution < 1.29 is 17.9 Å². The highest BCUT2D eigenvalue weighted by atomic mass is 32.2. The predicted octanol–water partition coefficient (Wildman–Crippen LogP) is 2.61. The van der Waals surface area contributed by atoms with Gasteiger partial charge in [-0.1, -0.05) is 19.9 Å². The maximum Gasteiger partial charge on any atom is 0.251 e. The fourth-order valence-electron chi connectivity index (χ4n) is 2.72. The zero-order valence-corrected chi connectivity index (χ0v) is 16.8. The van der Waals surface area contributed by atoms with Crippen LogP contribution in [-0.4, -0.2) is 43.8 Å². The van der Waals surface area contributed by atoms with Crippen LogP contribution in [0.3, 0.4) is 0 Å². The molecular weight excluding hydrogens is 366 g/mol. The molecule has 0 bridgehead atoms. The molecule has 0 saturated carbocycles. The number of nitrogens with one attached hydrogen (secondary N) is 1. The van der Waals surface area contributed by atoms with Gasteiger partial charge in [-0.15, -0.1) is 0 Å². The molecule has 1 heterocycles. The third kappa shape index (κ3) is 4.64. The monoisotopic (exact) mass is 391 g/mol. The molecule has 146 valence electrons. The van der Waals surface area contributed by atoms with Crippen LogP contribution in [0.5, 0.6) is 5.75 Å². The van der Waals surface area contributed by atoms with Gasteiger partial charge in [0.25, 0.3) is 5.91 Å². The Morgan fingerprint density at radius 1 is 1.26 bits per heavy atom. The van der Waals surface area contributed by atoms with E-state index in [0.29, 0.717) is 13.1 Å². The summed E-state index contributed by atoms with van der Waals surface area (Å²) in [5.74, 6) is -0.163. The molecule has 0 spiro atoms. The van der Waals surface area contributed by atoms with E-state index in [1.165, 1.54) is 23.5 Å². The van der Waals surface area contributed by atoms with Gasteiger partial charge >= 0.3 is 0 Å². The van der Waals surface area contributed by atoms with Gasteiger partial charge in [0.05, 0.1) is 13.2 Å². The topological polar surface area (TPSA) is 88.6 Å². The second-order valence-corrected chi connectivity index (χ2v) is 7.84. The molecule has 0 aliphatic heterocycles. The maximum absolute atomic E-state index is 12.9. The summed E-state index contributed by atoms with van der Waals surface area (Å²) >= 11 is 0.